The molecule has 4 saturated carbocycles. The van der Waals surface area contributed by atoms with E-state index in [0.717, 1.165) is 101 Å². The van der Waals surface area contributed by atoms with Crippen LogP contribution in [0.5, 0.6) is 0 Å². The molecule has 0 radical (unpaired) electrons. The Labute approximate surface area is 916 Å². The Hall–Kier alpha value is -7.74. The first kappa shape index (κ1) is 136. The van der Waals surface area contributed by atoms with Crippen molar-refractivity contribution in [1.82, 2.24) is 57.8 Å². The third-order valence-corrected chi connectivity index (χ3v) is 55.1. The van der Waals surface area contributed by atoms with Crippen molar-refractivity contribution in [2.45, 2.75) is 256 Å². The first-order valence-corrected chi connectivity index (χ1v) is 60.9. The third-order valence-electron chi connectivity index (χ3n) is 20.5. The van der Waals surface area contributed by atoms with E-state index in [0.29, 0.717) is 74.2 Å². The molecule has 6 aromatic rings. The van der Waals surface area contributed by atoms with Crippen LogP contribution in [0, 0.1) is 204 Å². The maximum absolute atomic E-state index is 12.8. The maximum Gasteiger partial charge on any atom is 0.414 e. The highest BCUT2D eigenvalue weighted by Gasteiger charge is 2.33. The maximum atomic E-state index is 12.8. The highest BCUT2D eigenvalue weighted by Crippen LogP contribution is 2.92. The number of hydrogen-bond acceptors (Lipinski definition) is 18. The quantitative estimate of drug-likeness (QED) is 0.00988. The molecule has 1 aliphatic heterocycles. The van der Waals surface area contributed by atoms with Crippen LogP contribution in [0.4, 0.5) is 5.82 Å². The van der Waals surface area contributed by atoms with E-state index in [-0.39, 0.29) is 82.5 Å². The van der Waals surface area contributed by atoms with E-state index in [1.807, 2.05) is 23.0 Å². The van der Waals surface area contributed by atoms with Crippen LogP contribution in [0.2, 0.25) is 26.3 Å². The Kier molecular flexibility index (Phi) is 78.1. The first-order valence-electron chi connectivity index (χ1n) is 44.1. The summed E-state index contributed by atoms with van der Waals surface area (Å²) < 4.78 is 6.78. The highest BCUT2D eigenvalue weighted by atomic mass is 79.9. The molecule has 41 heteroatoms. The molecule has 0 bridgehead atoms. The van der Waals surface area contributed by atoms with Gasteiger partial charge in [0.2, 0.25) is 32.9 Å². The molecule has 756 valence electrons. The average Bonchev–Trinajstić information content (AvgIpc) is 1.29. The van der Waals surface area contributed by atoms with Gasteiger partial charge in [0, 0.05) is 96.8 Å². The third kappa shape index (κ3) is 56.3. The number of aromatic nitrogens is 10. The predicted octanol–water partition coefficient (Wildman–Crippen LogP) is 23.8. The minimum absolute atomic E-state index is 0. The number of hydrogen-bond donors (Lipinski definition) is 5. The molecule has 6 N–H and O–H groups in total. The summed E-state index contributed by atoms with van der Waals surface area (Å²) in [7, 11) is 12.4. The highest BCUT2D eigenvalue weighted by molar-refractivity contribution is 9.11. The number of nitrogens with zero attached hydrogens (tertiary/aromatic N) is 12. The molecule has 2 amide bonds. The van der Waals surface area contributed by atoms with Crippen molar-refractivity contribution in [2.24, 2.45) is 29.4 Å². The molecule has 6 unspecified atom stereocenters. The molecule has 11 rings (SSSR count). The Morgan fingerprint density at radius 1 is 0.556 bits per heavy atom. The summed E-state index contributed by atoms with van der Waals surface area (Å²) in [6, 6.07) is 4.55. The summed E-state index contributed by atoms with van der Waals surface area (Å²) >= 11 is 41.4. The summed E-state index contributed by atoms with van der Waals surface area (Å²) in [5.41, 5.74) is 8.91. The fourth-order valence-electron chi connectivity index (χ4n) is 14.0. The molecule has 5 fully saturated rings. The van der Waals surface area contributed by atoms with Crippen molar-refractivity contribution in [2.75, 3.05) is 11.9 Å². The monoisotopic (exact) mass is 2430 g/mol. The number of aryl methyl sites for hydroxylation is 2. The lowest BCUT2D eigenvalue weighted by Crippen LogP contribution is -2.36. The molecule has 142 heavy (non-hydrogen) atoms. The number of nitrogens with two attached hydrogens (primary N) is 1. The molecule has 14 atom stereocenters. The number of halogens is 10. The number of carbonyl (C=O) groups is 5. The van der Waals surface area contributed by atoms with Crippen molar-refractivity contribution in [1.29, 1.82) is 0 Å². The van der Waals surface area contributed by atoms with Crippen LogP contribution in [0.1, 0.15) is 229 Å². The summed E-state index contributed by atoms with van der Waals surface area (Å²) in [5, 5.41) is 29.0. The second kappa shape index (κ2) is 81.4. The molecular weight excluding hydrogens is 2320 g/mol. The van der Waals surface area contributed by atoms with Gasteiger partial charge in [0.15, 0.2) is 0 Å². The van der Waals surface area contributed by atoms with Crippen molar-refractivity contribution in [3.05, 3.63) is 115 Å². The van der Waals surface area contributed by atoms with E-state index in [1.165, 1.54) is 82.9 Å². The van der Waals surface area contributed by atoms with Crippen LogP contribution in [0.3, 0.4) is 0 Å². The Morgan fingerprint density at radius 2 is 0.930 bits per heavy atom. The van der Waals surface area contributed by atoms with Gasteiger partial charge in [-0.05, 0) is 412 Å². The Morgan fingerprint density at radius 3 is 1.25 bits per heavy atom. The molecule has 0 spiro atoms. The van der Waals surface area contributed by atoms with Crippen molar-refractivity contribution >= 4 is 250 Å². The van der Waals surface area contributed by atoms with Crippen LogP contribution in [-0.4, -0.2) is 134 Å². The first-order chi connectivity index (χ1) is 67.1. The van der Waals surface area contributed by atoms with E-state index >= 15 is 0 Å². The number of fused-ring (bicyclic) bond motifs is 2. The van der Waals surface area contributed by atoms with E-state index in [2.05, 4.69) is 372 Å². The lowest BCUT2D eigenvalue weighted by Gasteiger charge is -2.28. The van der Waals surface area contributed by atoms with E-state index in [1.54, 1.807) is 52.4 Å². The van der Waals surface area contributed by atoms with Gasteiger partial charge in [-0.15, -0.1) is 54.5 Å². The standard InChI is InChI=1S/C16H6.C15H17BrClN3O.C15H18ClN3O.C15H4.C11H15BrClN3.C8H19N.C7H15N.C4HBrCl2N2.C4H4BrNO2.C4H6O2.C2H2O4.ClH.H9P7/c1-3-5-7-9-11-13-15-16-14-12-10-8-6-4-2;1-3-9-5-4-6-11(9)20-13-10(7-18-15(17)19-13)8(2)12(16)14(20)21;1-3-10-5-4-6-12(10)19-13(20)7-9(2)11-8-17-15(16)18-14(11)19;1-3-5-7-9-11-13-15-14-12-10-8-6-4-2;1-2-7-4-3-5-9(7)15-10-8(12)6-14-11(13)16-10;1-6-9(7(2)3)8(4)5;1-2-6-4-3-5-7(6)8;5-2-1-8-4(7)9-3(2)6;5-6-3(7)1-2-4(6)8;1-2-3-4(5)6;3-1(4)2(5)6;;1-5-7(4)6(2)3/h1-2H3;7,9,11H,3-6H2,1-2H3;7-8,10,12H,3-6H2,1-2H3;1H,2H3;6-7,9H,2-5H2,1H3,(H,14,15,16);7-8H,6H2,1-5H3;6-7H,2-5,8H2,1H3;1H;1-2H2;2-3H,1H3,(H,5,6);(H,3,4)(H,5,6);1H;5H,1-4H2/b;;;;;;;;;3-2+;;;/t;9-,11+;10-,12+;;7-,9+;;6-,7+;;;;;;/m.00.0.0....../s1. The Balaban J connectivity index is 0. The number of pyridine rings is 2. The number of nitrogens with one attached hydrogen (secondary N) is 1. The minimum Gasteiger partial charge on any atom is -0.478 e. The number of carboxylic acid groups (broad SMARTS) is 3. The number of amides is 2. The molecular formula is C101H117Br4Cl6N14O10P7. The van der Waals surface area contributed by atoms with Gasteiger partial charge in [-0.2, -0.15) is 15.0 Å². The van der Waals surface area contributed by atoms with Gasteiger partial charge in [-0.3, -0.25) is 33.2 Å². The zero-order valence-electron chi connectivity index (χ0n) is 81.5. The number of aliphatic carboxylic acids is 3. The number of terminal acetylenes is 1. The average molecular weight is 2440 g/mol. The van der Waals surface area contributed by atoms with Crippen LogP contribution >= 0.6 is 192 Å². The van der Waals surface area contributed by atoms with Crippen molar-refractivity contribution in [3.63, 3.8) is 0 Å². The second-order valence-corrected chi connectivity index (χ2v) is 57.2. The normalized spacial score (nSPS) is 16.3. The molecule has 7 heterocycles. The summed E-state index contributed by atoms with van der Waals surface area (Å²) in [4.78, 5) is 109. The number of rotatable bonds is 14. The summed E-state index contributed by atoms with van der Waals surface area (Å²) in [6.07, 6.45) is 33.9. The van der Waals surface area contributed by atoms with Gasteiger partial charge in [-0.1, -0.05) is 129 Å². The largest absolute Gasteiger partial charge is 0.478 e. The number of carbonyl (C=O) groups excluding carboxylic acids is 2. The topological polar surface area (TPSA) is 338 Å². The smallest absolute Gasteiger partial charge is 0.414 e. The van der Waals surface area contributed by atoms with Crippen LogP contribution in [-0.2, 0) is 24.0 Å². The van der Waals surface area contributed by atoms with Crippen LogP contribution in [0.25, 0.3) is 22.1 Å². The fraction of sp³-hybridized carbons (Fsp3) is 0.436. The van der Waals surface area contributed by atoms with E-state index in [9.17, 15) is 24.0 Å². The molecule has 5 aliphatic rings. The van der Waals surface area contributed by atoms with Crippen molar-refractivity contribution in [3.8, 4) is 166 Å². The predicted molar refractivity (Wildman–Crippen MR) is 619 cm³/mol. The molecule has 4 aliphatic carbocycles. The molecule has 1 saturated heterocycles. The SMILES string of the molecule is C#CC#CC#CC#CC#CC#CC#CC.C/C=C/C(=O)O.CC#CC#CC#CC#CC#CC#CC#CC.CCN(C(C)C)C(C)C.CC[C@H]1CCC[C@H]1N.CC[C@H]1CCC[C@H]1Nc1nc(Cl)ncc1Br.CC[C@H]1CCC[C@H]1n1c(=O)c(Br)c(C)c2cnc(Cl)nc21.CC[C@H]1CCC[C@H]1n1c(=O)cc(C)c2cnc(Cl)nc21.Cl.Clc1ncc(Br)c(Cl)n1.O=C(O)C(=O)O.O=C1CCC(=O)N1Br.PPP(P)P(P)P. The van der Waals surface area contributed by atoms with E-state index in [4.69, 9.17) is 95.1 Å². The zero-order chi connectivity index (χ0) is 106. The molecule has 24 nitrogen and oxygen atoms in total. The summed E-state index contributed by atoms with van der Waals surface area (Å²) in [5.74, 6) is 66.2. The van der Waals surface area contributed by atoms with Gasteiger partial charge in [-0.25, -0.2) is 43.2 Å². The van der Waals surface area contributed by atoms with Gasteiger partial charge in [0.25, 0.3) is 11.1 Å². The van der Waals surface area contributed by atoms with Crippen LogP contribution in [0.15, 0.2) is 66.0 Å². The Bertz CT molecular complexity index is 6210. The molecule has 0 aromatic carbocycles. The van der Waals surface area contributed by atoms with Crippen LogP contribution < -0.4 is 22.2 Å². The minimum atomic E-state index is -1.82. The van der Waals surface area contributed by atoms with E-state index < -0.39 is 17.9 Å². The number of carboxylic acids is 3. The fourth-order valence-corrected chi connectivity index (χ4v) is 32.1. The lowest BCUT2D eigenvalue weighted by atomic mass is 10.00. The van der Waals surface area contributed by atoms with Gasteiger partial charge in [0.1, 0.15) is 22.3 Å². The van der Waals surface area contributed by atoms with Crippen molar-refractivity contribution < 1.29 is 39.3 Å². The number of allylic oxidation sites excluding steroid dienone is 1. The summed E-state index contributed by atoms with van der Waals surface area (Å²) in [6.45, 7) is 32.2. The zero-order valence-corrected chi connectivity index (χ0v) is 99.8. The molecule has 6 aromatic heterocycles. The van der Waals surface area contributed by atoms with Gasteiger partial charge in [0.05, 0.1) is 29.6 Å². The van der Waals surface area contributed by atoms with Gasteiger partial charge >= 0.3 is 17.9 Å². The van der Waals surface area contributed by atoms with Gasteiger partial charge < -0.3 is 26.4 Å². The number of imide groups is 1. The second-order valence-electron chi connectivity index (χ2n) is 30.1. The lowest BCUT2D eigenvalue weighted by molar-refractivity contribution is -0.159. The number of anilines is 1.